The molecule has 2 rings (SSSR count). The van der Waals surface area contributed by atoms with Gasteiger partial charge < -0.3 is 5.32 Å². The minimum Gasteiger partial charge on any atom is -0.308 e. The first-order valence-corrected chi connectivity index (χ1v) is 5.71. The minimum atomic E-state index is 0.641. The lowest BCUT2D eigenvalue weighted by atomic mass is 10.2. The first-order chi connectivity index (χ1) is 7.25. The molecule has 1 atom stereocenters. The Balaban J connectivity index is 1.73. The molecule has 1 aromatic rings. The summed E-state index contributed by atoms with van der Waals surface area (Å²) in [5.41, 5.74) is 1.23. The van der Waals surface area contributed by atoms with Crippen molar-refractivity contribution in [3.63, 3.8) is 0 Å². The lowest BCUT2D eigenvalue weighted by Gasteiger charge is -2.20. The molecule has 1 unspecified atom stereocenters. The van der Waals surface area contributed by atoms with Gasteiger partial charge in [0.15, 0.2) is 0 Å². The fourth-order valence-electron chi connectivity index (χ4n) is 2.06. The first-order valence-electron chi connectivity index (χ1n) is 5.71. The number of nitrogens with one attached hydrogen (secondary N) is 2. The smallest absolute Gasteiger partial charge is 0.0532 e. The lowest BCUT2D eigenvalue weighted by Crippen LogP contribution is -2.34. The fourth-order valence-corrected chi connectivity index (χ4v) is 2.06. The zero-order valence-electron chi connectivity index (χ0n) is 9.53. The molecule has 2 heterocycles. The summed E-state index contributed by atoms with van der Waals surface area (Å²) in [4.78, 5) is 2.52. The van der Waals surface area contributed by atoms with Crippen LogP contribution in [-0.4, -0.2) is 40.3 Å². The molecule has 1 aliphatic rings. The Hall–Kier alpha value is -0.870. The summed E-state index contributed by atoms with van der Waals surface area (Å²) >= 11 is 0. The van der Waals surface area contributed by atoms with Gasteiger partial charge in [-0.15, -0.1) is 0 Å². The van der Waals surface area contributed by atoms with E-state index in [1.807, 2.05) is 12.4 Å². The van der Waals surface area contributed by atoms with Gasteiger partial charge in [0.25, 0.3) is 0 Å². The van der Waals surface area contributed by atoms with Crippen LogP contribution in [0.4, 0.5) is 0 Å². The standard InChI is InChI=1S/C11H20N4/c1-9(2)15-4-3-11(8-15)12-5-10-6-13-14-7-10/h6-7,9,11-12H,3-5,8H2,1-2H3,(H,13,14). The number of hydrogen-bond donors (Lipinski definition) is 2. The summed E-state index contributed by atoms with van der Waals surface area (Å²) in [5.74, 6) is 0. The predicted octanol–water partition coefficient (Wildman–Crippen LogP) is 0.982. The van der Waals surface area contributed by atoms with Crippen LogP contribution in [0.3, 0.4) is 0 Å². The maximum atomic E-state index is 3.94. The second-order valence-electron chi connectivity index (χ2n) is 4.56. The summed E-state index contributed by atoms with van der Waals surface area (Å²) in [6.07, 6.45) is 5.08. The third-order valence-electron chi connectivity index (χ3n) is 3.10. The van der Waals surface area contributed by atoms with E-state index in [1.165, 1.54) is 25.1 Å². The number of H-pyrrole nitrogens is 1. The van der Waals surface area contributed by atoms with E-state index >= 15 is 0 Å². The summed E-state index contributed by atoms with van der Waals surface area (Å²) in [6, 6.07) is 1.31. The van der Waals surface area contributed by atoms with Crippen LogP contribution in [0.15, 0.2) is 12.4 Å². The van der Waals surface area contributed by atoms with Crippen LogP contribution in [0.25, 0.3) is 0 Å². The fraction of sp³-hybridized carbons (Fsp3) is 0.727. The van der Waals surface area contributed by atoms with Gasteiger partial charge in [0.2, 0.25) is 0 Å². The van der Waals surface area contributed by atoms with Gasteiger partial charge in [0.1, 0.15) is 0 Å². The normalized spacial score (nSPS) is 22.7. The second kappa shape index (κ2) is 4.77. The van der Waals surface area contributed by atoms with Crippen molar-refractivity contribution in [1.82, 2.24) is 20.4 Å². The highest BCUT2D eigenvalue weighted by molar-refractivity contribution is 5.02. The van der Waals surface area contributed by atoms with Crippen LogP contribution in [-0.2, 0) is 6.54 Å². The van der Waals surface area contributed by atoms with Crippen molar-refractivity contribution in [2.75, 3.05) is 13.1 Å². The molecule has 0 spiro atoms. The molecule has 15 heavy (non-hydrogen) atoms. The number of rotatable bonds is 4. The van der Waals surface area contributed by atoms with E-state index in [2.05, 4.69) is 34.3 Å². The molecule has 1 fully saturated rings. The van der Waals surface area contributed by atoms with Crippen LogP contribution in [0.5, 0.6) is 0 Å². The van der Waals surface area contributed by atoms with Gasteiger partial charge in [-0.3, -0.25) is 10.00 Å². The molecular formula is C11H20N4. The second-order valence-corrected chi connectivity index (χ2v) is 4.56. The molecule has 1 aromatic heterocycles. The Morgan fingerprint density at radius 1 is 1.67 bits per heavy atom. The van der Waals surface area contributed by atoms with Crippen molar-refractivity contribution in [3.8, 4) is 0 Å². The van der Waals surface area contributed by atoms with Gasteiger partial charge in [0.05, 0.1) is 6.20 Å². The van der Waals surface area contributed by atoms with Crippen molar-refractivity contribution in [2.45, 2.75) is 38.9 Å². The number of nitrogens with zero attached hydrogens (tertiary/aromatic N) is 2. The Kier molecular flexibility index (Phi) is 3.38. The quantitative estimate of drug-likeness (QED) is 0.775. The molecule has 0 saturated carbocycles. The van der Waals surface area contributed by atoms with Crippen LogP contribution >= 0.6 is 0 Å². The van der Waals surface area contributed by atoms with Gasteiger partial charge in [0, 0.05) is 36.9 Å². The number of aromatic nitrogens is 2. The highest BCUT2D eigenvalue weighted by atomic mass is 15.2. The molecule has 1 aliphatic heterocycles. The van der Waals surface area contributed by atoms with Crippen molar-refractivity contribution in [1.29, 1.82) is 0 Å². The lowest BCUT2D eigenvalue weighted by molar-refractivity contribution is 0.268. The van der Waals surface area contributed by atoms with E-state index in [9.17, 15) is 0 Å². The van der Waals surface area contributed by atoms with E-state index in [-0.39, 0.29) is 0 Å². The molecule has 0 bridgehead atoms. The van der Waals surface area contributed by atoms with Crippen LogP contribution < -0.4 is 5.32 Å². The van der Waals surface area contributed by atoms with Crippen LogP contribution in [0.2, 0.25) is 0 Å². The molecule has 1 saturated heterocycles. The molecule has 4 nitrogen and oxygen atoms in total. The van der Waals surface area contributed by atoms with Crippen molar-refractivity contribution in [3.05, 3.63) is 18.0 Å². The van der Waals surface area contributed by atoms with E-state index in [1.54, 1.807) is 0 Å². The zero-order valence-corrected chi connectivity index (χ0v) is 9.53. The Labute approximate surface area is 91.1 Å². The molecule has 0 aromatic carbocycles. The van der Waals surface area contributed by atoms with E-state index in [0.29, 0.717) is 12.1 Å². The maximum Gasteiger partial charge on any atom is 0.0532 e. The summed E-state index contributed by atoms with van der Waals surface area (Å²) in [5, 5.41) is 10.3. The largest absolute Gasteiger partial charge is 0.308 e. The van der Waals surface area contributed by atoms with Crippen molar-refractivity contribution in [2.24, 2.45) is 0 Å². The SMILES string of the molecule is CC(C)N1CCC(NCc2cn[nH]c2)C1. The number of aromatic amines is 1. The molecular weight excluding hydrogens is 188 g/mol. The Morgan fingerprint density at radius 2 is 2.53 bits per heavy atom. The summed E-state index contributed by atoms with van der Waals surface area (Å²) < 4.78 is 0. The van der Waals surface area contributed by atoms with Crippen molar-refractivity contribution >= 4 is 0 Å². The van der Waals surface area contributed by atoms with E-state index in [0.717, 1.165) is 6.54 Å². The average molecular weight is 208 g/mol. The zero-order chi connectivity index (χ0) is 10.7. The molecule has 0 radical (unpaired) electrons. The van der Waals surface area contributed by atoms with Crippen LogP contribution in [0.1, 0.15) is 25.8 Å². The van der Waals surface area contributed by atoms with E-state index in [4.69, 9.17) is 0 Å². The summed E-state index contributed by atoms with van der Waals surface area (Å²) in [7, 11) is 0. The van der Waals surface area contributed by atoms with Gasteiger partial charge in [-0.05, 0) is 26.8 Å². The van der Waals surface area contributed by atoms with Crippen LogP contribution in [0, 0.1) is 0 Å². The molecule has 84 valence electrons. The van der Waals surface area contributed by atoms with Crippen molar-refractivity contribution < 1.29 is 0 Å². The third kappa shape index (κ3) is 2.79. The topological polar surface area (TPSA) is 44.0 Å². The maximum absolute atomic E-state index is 3.94. The van der Waals surface area contributed by atoms with E-state index < -0.39 is 0 Å². The number of hydrogen-bond acceptors (Lipinski definition) is 3. The first kappa shape index (κ1) is 10.6. The minimum absolute atomic E-state index is 0.641. The van der Waals surface area contributed by atoms with Gasteiger partial charge in [-0.1, -0.05) is 0 Å². The highest BCUT2D eigenvalue weighted by Crippen LogP contribution is 2.12. The molecule has 4 heteroatoms. The summed E-state index contributed by atoms with van der Waals surface area (Å²) in [6.45, 7) is 7.85. The average Bonchev–Trinajstić information content (AvgIpc) is 2.86. The molecule has 0 amide bonds. The Bertz CT molecular complexity index is 281. The Morgan fingerprint density at radius 3 is 3.13 bits per heavy atom. The third-order valence-corrected chi connectivity index (χ3v) is 3.10. The predicted molar refractivity (Wildman–Crippen MR) is 60.5 cm³/mol. The number of likely N-dealkylation sites (tertiary alicyclic amines) is 1. The molecule has 2 N–H and O–H groups in total. The molecule has 0 aliphatic carbocycles. The monoisotopic (exact) mass is 208 g/mol. The van der Waals surface area contributed by atoms with Gasteiger partial charge in [-0.2, -0.15) is 5.10 Å². The highest BCUT2D eigenvalue weighted by Gasteiger charge is 2.23. The van der Waals surface area contributed by atoms with Gasteiger partial charge >= 0.3 is 0 Å². The van der Waals surface area contributed by atoms with Gasteiger partial charge in [-0.25, -0.2) is 0 Å².